The summed E-state index contributed by atoms with van der Waals surface area (Å²) in [6.07, 6.45) is 5.95. The molecule has 1 aliphatic rings. The van der Waals surface area contributed by atoms with Crippen LogP contribution in [0.2, 0.25) is 0 Å². The second-order valence-corrected chi connectivity index (χ2v) is 2.50. The van der Waals surface area contributed by atoms with Crippen molar-refractivity contribution in [1.29, 1.82) is 5.26 Å². The molecule has 3 heteroatoms. The Bertz CT molecular complexity index is 277. The summed E-state index contributed by atoms with van der Waals surface area (Å²) < 4.78 is 1.94. The fourth-order valence-electron chi connectivity index (χ4n) is 1.05. The van der Waals surface area contributed by atoms with E-state index in [1.807, 2.05) is 16.8 Å². The zero-order valence-electron chi connectivity index (χ0n) is 5.49. The summed E-state index contributed by atoms with van der Waals surface area (Å²) in [4.78, 5) is 3.90. The molecule has 0 aliphatic heterocycles. The Hall–Kier alpha value is -1.30. The van der Waals surface area contributed by atoms with Gasteiger partial charge in [0.25, 0.3) is 0 Å². The van der Waals surface area contributed by atoms with Crippen LogP contribution in [0.5, 0.6) is 0 Å². The van der Waals surface area contributed by atoms with Gasteiger partial charge in [0, 0.05) is 18.4 Å². The molecule has 0 aromatic carbocycles. The number of aromatic nitrogens is 2. The summed E-state index contributed by atoms with van der Waals surface area (Å²) in [5, 5.41) is 8.55. The molecular weight excluding hydrogens is 126 g/mol. The van der Waals surface area contributed by atoms with E-state index in [1.165, 1.54) is 12.8 Å². The molecule has 10 heavy (non-hydrogen) atoms. The van der Waals surface area contributed by atoms with Crippen molar-refractivity contribution in [2.75, 3.05) is 0 Å². The van der Waals surface area contributed by atoms with E-state index in [9.17, 15) is 0 Å². The maximum atomic E-state index is 8.55. The second kappa shape index (κ2) is 1.84. The van der Waals surface area contributed by atoms with Crippen molar-refractivity contribution in [3.05, 3.63) is 18.2 Å². The lowest BCUT2D eigenvalue weighted by Gasteiger charge is -1.96. The first-order chi connectivity index (χ1) is 4.92. The maximum Gasteiger partial charge on any atom is 0.212 e. The van der Waals surface area contributed by atoms with E-state index in [2.05, 4.69) is 4.98 Å². The molecule has 0 saturated heterocycles. The summed E-state index contributed by atoms with van der Waals surface area (Å²) in [5.41, 5.74) is 0. The lowest BCUT2D eigenvalue weighted by molar-refractivity contribution is 0.728. The van der Waals surface area contributed by atoms with Crippen molar-refractivity contribution in [2.45, 2.75) is 18.9 Å². The lowest BCUT2D eigenvalue weighted by Crippen LogP contribution is -1.95. The molecule has 0 unspecified atom stereocenters. The normalized spacial score (nSPS) is 16.7. The molecule has 0 spiro atoms. The van der Waals surface area contributed by atoms with E-state index in [1.54, 1.807) is 6.20 Å². The van der Waals surface area contributed by atoms with Crippen LogP contribution in [0, 0.1) is 11.3 Å². The first kappa shape index (κ1) is 5.48. The number of rotatable bonds is 1. The molecule has 0 amide bonds. The molecule has 1 aromatic rings. The Kier molecular flexibility index (Phi) is 1.01. The highest BCUT2D eigenvalue weighted by Gasteiger charge is 2.25. The molecule has 2 rings (SSSR count). The molecule has 1 aromatic heterocycles. The topological polar surface area (TPSA) is 41.6 Å². The summed E-state index contributed by atoms with van der Waals surface area (Å²) in [7, 11) is 0. The van der Waals surface area contributed by atoms with E-state index in [-0.39, 0.29) is 0 Å². The smallest absolute Gasteiger partial charge is 0.212 e. The van der Waals surface area contributed by atoms with Crippen molar-refractivity contribution < 1.29 is 0 Å². The van der Waals surface area contributed by atoms with Crippen molar-refractivity contribution in [1.82, 2.24) is 9.55 Å². The summed E-state index contributed by atoms with van der Waals surface area (Å²) in [6.45, 7) is 0. The number of imidazole rings is 1. The van der Waals surface area contributed by atoms with Gasteiger partial charge < -0.3 is 4.57 Å². The second-order valence-electron chi connectivity index (χ2n) is 2.50. The molecule has 3 nitrogen and oxygen atoms in total. The Morgan fingerprint density at radius 1 is 1.70 bits per heavy atom. The highest BCUT2D eigenvalue weighted by molar-refractivity contribution is 5.13. The van der Waals surface area contributed by atoms with Gasteiger partial charge in [-0.3, -0.25) is 0 Å². The van der Waals surface area contributed by atoms with Gasteiger partial charge in [0.1, 0.15) is 6.07 Å². The third-order valence-electron chi connectivity index (χ3n) is 1.71. The molecule has 0 bridgehead atoms. The maximum absolute atomic E-state index is 8.55. The summed E-state index contributed by atoms with van der Waals surface area (Å²) in [5.74, 6) is 0.544. The monoisotopic (exact) mass is 133 g/mol. The van der Waals surface area contributed by atoms with E-state index < -0.39 is 0 Å². The van der Waals surface area contributed by atoms with Gasteiger partial charge >= 0.3 is 0 Å². The molecule has 1 saturated carbocycles. The fraction of sp³-hybridized carbons (Fsp3) is 0.429. The molecule has 1 aliphatic carbocycles. The lowest BCUT2D eigenvalue weighted by atomic mass is 10.6. The number of hydrogen-bond donors (Lipinski definition) is 0. The van der Waals surface area contributed by atoms with Crippen LogP contribution in [0.15, 0.2) is 12.4 Å². The van der Waals surface area contributed by atoms with E-state index in [0.29, 0.717) is 11.9 Å². The predicted octanol–water partition coefficient (Wildman–Crippen LogP) is 1.09. The SMILES string of the molecule is N#Cc1nccn1C1CC1. The van der Waals surface area contributed by atoms with Crippen molar-refractivity contribution >= 4 is 0 Å². The predicted molar refractivity (Wildman–Crippen MR) is 35.2 cm³/mol. The third kappa shape index (κ3) is 0.695. The molecule has 50 valence electrons. The summed E-state index contributed by atoms with van der Waals surface area (Å²) >= 11 is 0. The van der Waals surface area contributed by atoms with Crippen LogP contribution in [0.4, 0.5) is 0 Å². The minimum Gasteiger partial charge on any atom is -0.320 e. The first-order valence-electron chi connectivity index (χ1n) is 3.35. The van der Waals surface area contributed by atoms with Crippen molar-refractivity contribution in [2.24, 2.45) is 0 Å². The summed E-state index contributed by atoms with van der Waals surface area (Å²) in [6, 6.07) is 2.62. The van der Waals surface area contributed by atoms with E-state index in [4.69, 9.17) is 5.26 Å². The number of nitrogens with zero attached hydrogens (tertiary/aromatic N) is 3. The van der Waals surface area contributed by atoms with Gasteiger partial charge in [0.2, 0.25) is 5.82 Å². The standard InChI is InChI=1S/C7H7N3/c8-5-7-9-3-4-10(7)6-1-2-6/h3-4,6H,1-2H2. The van der Waals surface area contributed by atoms with Gasteiger partial charge in [-0.15, -0.1) is 0 Å². The minimum atomic E-state index is 0.544. The van der Waals surface area contributed by atoms with Crippen LogP contribution < -0.4 is 0 Å². The van der Waals surface area contributed by atoms with Crippen LogP contribution in [-0.4, -0.2) is 9.55 Å². The van der Waals surface area contributed by atoms with Crippen LogP contribution >= 0.6 is 0 Å². The average molecular weight is 133 g/mol. The largest absolute Gasteiger partial charge is 0.320 e. The Morgan fingerprint density at radius 3 is 3.10 bits per heavy atom. The Morgan fingerprint density at radius 2 is 2.50 bits per heavy atom. The highest BCUT2D eigenvalue weighted by Crippen LogP contribution is 2.35. The highest BCUT2D eigenvalue weighted by atomic mass is 15.1. The van der Waals surface area contributed by atoms with Gasteiger partial charge in [-0.2, -0.15) is 5.26 Å². The van der Waals surface area contributed by atoms with Gasteiger partial charge in [0.05, 0.1) is 0 Å². The van der Waals surface area contributed by atoms with Crippen molar-refractivity contribution in [3.63, 3.8) is 0 Å². The number of hydrogen-bond acceptors (Lipinski definition) is 2. The molecule has 0 radical (unpaired) electrons. The van der Waals surface area contributed by atoms with Crippen molar-refractivity contribution in [3.8, 4) is 6.07 Å². The van der Waals surface area contributed by atoms with Gasteiger partial charge in [-0.25, -0.2) is 4.98 Å². The van der Waals surface area contributed by atoms with Crippen LogP contribution in [0.25, 0.3) is 0 Å². The van der Waals surface area contributed by atoms with Crippen LogP contribution in [0.3, 0.4) is 0 Å². The van der Waals surface area contributed by atoms with E-state index in [0.717, 1.165) is 0 Å². The molecule has 0 atom stereocenters. The van der Waals surface area contributed by atoms with Gasteiger partial charge in [0.15, 0.2) is 0 Å². The Balaban J connectivity index is 2.40. The molecule has 0 N–H and O–H groups in total. The Labute approximate surface area is 58.9 Å². The zero-order valence-corrected chi connectivity index (χ0v) is 5.49. The first-order valence-corrected chi connectivity index (χ1v) is 3.35. The molecule has 1 fully saturated rings. The minimum absolute atomic E-state index is 0.544. The third-order valence-corrected chi connectivity index (χ3v) is 1.71. The van der Waals surface area contributed by atoms with Crippen LogP contribution in [-0.2, 0) is 0 Å². The fourth-order valence-corrected chi connectivity index (χ4v) is 1.05. The zero-order chi connectivity index (χ0) is 6.97. The molecular formula is C7H7N3. The number of nitriles is 1. The average Bonchev–Trinajstić information content (AvgIpc) is 2.69. The molecule has 1 heterocycles. The van der Waals surface area contributed by atoms with E-state index >= 15 is 0 Å². The van der Waals surface area contributed by atoms with Gasteiger partial charge in [-0.05, 0) is 12.8 Å². The van der Waals surface area contributed by atoms with Gasteiger partial charge in [-0.1, -0.05) is 0 Å². The van der Waals surface area contributed by atoms with Crippen LogP contribution in [0.1, 0.15) is 24.7 Å². The quantitative estimate of drug-likeness (QED) is 0.575.